The fourth-order valence-electron chi connectivity index (χ4n) is 1.06. The third kappa shape index (κ3) is 5.51. The van der Waals surface area contributed by atoms with Gasteiger partial charge >= 0.3 is 5.97 Å². The number of allylic oxidation sites excluding steroid dienone is 1. The lowest BCUT2D eigenvalue weighted by molar-refractivity contribution is -0.131. The van der Waals surface area contributed by atoms with E-state index in [2.05, 4.69) is 0 Å². The summed E-state index contributed by atoms with van der Waals surface area (Å²) in [6.45, 7) is 2.43. The van der Waals surface area contributed by atoms with Crippen LogP contribution in [0.1, 0.15) is 26.7 Å². The number of aliphatic carboxylic acids is 1. The molecule has 0 radical (unpaired) electrons. The highest BCUT2D eigenvalue weighted by atomic mass is 16.4. The molecule has 0 aromatic heterocycles. The Morgan fingerprint density at radius 3 is 2.47 bits per heavy atom. The van der Waals surface area contributed by atoms with Crippen LogP contribution in [-0.4, -0.2) is 44.7 Å². The monoisotopic (exact) mass is 218 g/mol. The predicted molar refractivity (Wildman–Crippen MR) is 54.3 cm³/mol. The molecule has 0 aromatic carbocycles. The number of aliphatic hydroxyl groups is 3. The molecule has 88 valence electrons. The van der Waals surface area contributed by atoms with E-state index in [0.717, 1.165) is 6.08 Å². The highest BCUT2D eigenvalue weighted by Crippen LogP contribution is 2.16. The number of carbonyl (C=O) groups is 1. The molecule has 5 heteroatoms. The molecule has 0 fully saturated rings. The van der Waals surface area contributed by atoms with Crippen molar-refractivity contribution in [1.82, 2.24) is 0 Å². The molecule has 0 aliphatic heterocycles. The third-order valence-corrected chi connectivity index (χ3v) is 2.22. The molecule has 2 atom stereocenters. The van der Waals surface area contributed by atoms with E-state index in [1.165, 1.54) is 6.92 Å². The van der Waals surface area contributed by atoms with Crippen LogP contribution in [0.3, 0.4) is 0 Å². The summed E-state index contributed by atoms with van der Waals surface area (Å²) in [4.78, 5) is 10.3. The van der Waals surface area contributed by atoms with Gasteiger partial charge in [0.25, 0.3) is 0 Å². The summed E-state index contributed by atoms with van der Waals surface area (Å²) in [5, 5.41) is 36.1. The van der Waals surface area contributed by atoms with Gasteiger partial charge in [0.1, 0.15) is 5.60 Å². The minimum Gasteiger partial charge on any atom is -0.478 e. The van der Waals surface area contributed by atoms with E-state index in [9.17, 15) is 15.0 Å². The van der Waals surface area contributed by atoms with Gasteiger partial charge < -0.3 is 20.4 Å². The standard InChI is InChI=1S/C10H18O5/c1-7(5-9(13)14)3-4-8(12)10(2,15)6-11/h5,8,11-12,15H,3-4,6H2,1-2H3,(H,13,14)/b7-5-. The van der Waals surface area contributed by atoms with Crippen molar-refractivity contribution in [1.29, 1.82) is 0 Å². The number of carboxylic acid groups (broad SMARTS) is 1. The summed E-state index contributed by atoms with van der Waals surface area (Å²) in [5.41, 5.74) is -0.931. The van der Waals surface area contributed by atoms with Crippen LogP contribution >= 0.6 is 0 Å². The van der Waals surface area contributed by atoms with E-state index < -0.39 is 24.3 Å². The maximum atomic E-state index is 10.3. The van der Waals surface area contributed by atoms with Crippen molar-refractivity contribution in [2.24, 2.45) is 0 Å². The zero-order valence-corrected chi connectivity index (χ0v) is 8.97. The first-order valence-electron chi connectivity index (χ1n) is 4.71. The number of hydrogen-bond donors (Lipinski definition) is 4. The van der Waals surface area contributed by atoms with E-state index in [1.807, 2.05) is 0 Å². The van der Waals surface area contributed by atoms with Crippen LogP contribution < -0.4 is 0 Å². The maximum absolute atomic E-state index is 10.3. The molecule has 5 nitrogen and oxygen atoms in total. The van der Waals surface area contributed by atoms with Crippen molar-refractivity contribution >= 4 is 5.97 Å². The lowest BCUT2D eigenvalue weighted by Crippen LogP contribution is -2.42. The van der Waals surface area contributed by atoms with Gasteiger partial charge in [-0.3, -0.25) is 0 Å². The molecule has 0 heterocycles. The van der Waals surface area contributed by atoms with Crippen molar-refractivity contribution in [2.75, 3.05) is 6.61 Å². The average Bonchev–Trinajstić information content (AvgIpc) is 2.13. The number of hydrogen-bond acceptors (Lipinski definition) is 4. The number of aliphatic hydroxyl groups excluding tert-OH is 2. The second kappa shape index (κ2) is 5.85. The molecule has 0 bridgehead atoms. The predicted octanol–water partition coefficient (Wildman–Crippen LogP) is -0.0983. The average molecular weight is 218 g/mol. The van der Waals surface area contributed by atoms with E-state index in [0.29, 0.717) is 12.0 Å². The molecule has 0 saturated heterocycles. The smallest absolute Gasteiger partial charge is 0.328 e. The minimum absolute atomic E-state index is 0.211. The number of carboxylic acids is 1. The fraction of sp³-hybridized carbons (Fsp3) is 0.700. The van der Waals surface area contributed by atoms with Gasteiger partial charge in [-0.25, -0.2) is 4.79 Å². The summed E-state index contributed by atoms with van der Waals surface area (Å²) in [6, 6.07) is 0. The Kier molecular flexibility index (Phi) is 5.49. The quantitative estimate of drug-likeness (QED) is 0.467. The Morgan fingerprint density at radius 1 is 1.53 bits per heavy atom. The van der Waals surface area contributed by atoms with Crippen LogP contribution in [0.4, 0.5) is 0 Å². The molecule has 0 amide bonds. The topological polar surface area (TPSA) is 98.0 Å². The molecule has 2 unspecified atom stereocenters. The maximum Gasteiger partial charge on any atom is 0.328 e. The summed E-state index contributed by atoms with van der Waals surface area (Å²) in [7, 11) is 0. The second-order valence-electron chi connectivity index (χ2n) is 3.90. The first-order valence-corrected chi connectivity index (χ1v) is 4.71. The van der Waals surface area contributed by atoms with Gasteiger partial charge in [0, 0.05) is 6.08 Å². The highest BCUT2D eigenvalue weighted by molar-refractivity contribution is 5.80. The van der Waals surface area contributed by atoms with Gasteiger partial charge in [0.15, 0.2) is 0 Å². The van der Waals surface area contributed by atoms with Crippen molar-refractivity contribution < 1.29 is 25.2 Å². The zero-order valence-electron chi connectivity index (χ0n) is 8.97. The van der Waals surface area contributed by atoms with E-state index in [-0.39, 0.29) is 6.42 Å². The number of rotatable bonds is 6. The van der Waals surface area contributed by atoms with Crippen LogP contribution in [-0.2, 0) is 4.79 Å². The van der Waals surface area contributed by atoms with Gasteiger partial charge in [0.2, 0.25) is 0 Å². The molecule has 0 aromatic rings. The van der Waals surface area contributed by atoms with Crippen molar-refractivity contribution in [3.63, 3.8) is 0 Å². The van der Waals surface area contributed by atoms with Gasteiger partial charge in [0.05, 0.1) is 12.7 Å². The zero-order chi connectivity index (χ0) is 12.1. The lowest BCUT2D eigenvalue weighted by atomic mass is 9.95. The summed E-state index contributed by atoms with van der Waals surface area (Å²) >= 11 is 0. The molecular formula is C10H18O5. The van der Waals surface area contributed by atoms with E-state index in [1.54, 1.807) is 6.92 Å². The Bertz CT molecular complexity index is 244. The molecule has 0 spiro atoms. The lowest BCUT2D eigenvalue weighted by Gasteiger charge is -2.26. The third-order valence-electron chi connectivity index (χ3n) is 2.22. The first-order chi connectivity index (χ1) is 6.79. The first kappa shape index (κ1) is 14.1. The molecule has 0 aliphatic rings. The molecule has 4 N–H and O–H groups in total. The molecule has 15 heavy (non-hydrogen) atoms. The normalized spacial score (nSPS) is 18.3. The summed E-state index contributed by atoms with van der Waals surface area (Å²) in [5.74, 6) is -1.03. The molecule has 0 aliphatic carbocycles. The van der Waals surface area contributed by atoms with Gasteiger partial charge in [-0.2, -0.15) is 0 Å². The van der Waals surface area contributed by atoms with Crippen LogP contribution in [0.25, 0.3) is 0 Å². The van der Waals surface area contributed by atoms with Crippen LogP contribution in [0.2, 0.25) is 0 Å². The van der Waals surface area contributed by atoms with Gasteiger partial charge in [-0.05, 0) is 26.7 Å². The van der Waals surface area contributed by atoms with Gasteiger partial charge in [-0.15, -0.1) is 0 Å². The van der Waals surface area contributed by atoms with E-state index in [4.69, 9.17) is 10.2 Å². The molecule has 0 saturated carbocycles. The van der Waals surface area contributed by atoms with Crippen molar-refractivity contribution in [2.45, 2.75) is 38.4 Å². The fourth-order valence-corrected chi connectivity index (χ4v) is 1.06. The van der Waals surface area contributed by atoms with Crippen molar-refractivity contribution in [3.8, 4) is 0 Å². The van der Waals surface area contributed by atoms with Gasteiger partial charge in [-0.1, -0.05) is 5.57 Å². The Labute approximate surface area is 88.7 Å². The Balaban J connectivity index is 4.12. The highest BCUT2D eigenvalue weighted by Gasteiger charge is 2.28. The minimum atomic E-state index is -1.54. The molecular weight excluding hydrogens is 200 g/mol. The largest absolute Gasteiger partial charge is 0.478 e. The van der Waals surface area contributed by atoms with Crippen LogP contribution in [0.5, 0.6) is 0 Å². The summed E-state index contributed by atoms with van der Waals surface area (Å²) in [6.07, 6.45) is 0.562. The van der Waals surface area contributed by atoms with Crippen LogP contribution in [0, 0.1) is 0 Å². The Morgan fingerprint density at radius 2 is 2.07 bits per heavy atom. The second-order valence-corrected chi connectivity index (χ2v) is 3.90. The summed E-state index contributed by atoms with van der Waals surface area (Å²) < 4.78 is 0. The van der Waals surface area contributed by atoms with E-state index >= 15 is 0 Å². The molecule has 0 rings (SSSR count). The Hall–Kier alpha value is -0.910. The van der Waals surface area contributed by atoms with Crippen LogP contribution in [0.15, 0.2) is 11.6 Å². The van der Waals surface area contributed by atoms with Crippen molar-refractivity contribution in [3.05, 3.63) is 11.6 Å². The SMILES string of the molecule is C/C(=C/C(=O)O)CCC(O)C(C)(O)CO.